The molecule has 0 aromatic rings. The number of rotatable bonds is 2. The van der Waals surface area contributed by atoms with Gasteiger partial charge in [-0.3, -0.25) is 0 Å². The fraction of sp³-hybridized carbons (Fsp3) is 0.647. The maximum absolute atomic E-state index is 4.06. The Kier molecular flexibility index (Phi) is 6.52. The maximum atomic E-state index is 4.06. The summed E-state index contributed by atoms with van der Waals surface area (Å²) in [6.07, 6.45) is 5.37. The van der Waals surface area contributed by atoms with E-state index < -0.39 is 0 Å². The SMILES string of the molecule is C=C(C)C1=C(C(=C)C)CC2(CC2)C1.CC.CC. The minimum absolute atomic E-state index is 0.655. The molecule has 0 N–H and O–H groups in total. The molecule has 98 valence electrons. The average molecular weight is 234 g/mol. The van der Waals surface area contributed by atoms with Crippen molar-refractivity contribution in [3.8, 4) is 0 Å². The lowest BCUT2D eigenvalue weighted by Crippen LogP contribution is -1.92. The predicted octanol–water partition coefficient (Wildman–Crippen LogP) is 6.06. The first-order chi connectivity index (χ1) is 8.04. The van der Waals surface area contributed by atoms with E-state index in [1.54, 1.807) is 0 Å². The topological polar surface area (TPSA) is 0 Å². The molecule has 0 nitrogen and oxygen atoms in total. The third-order valence-electron chi connectivity index (χ3n) is 3.46. The van der Waals surface area contributed by atoms with Crippen molar-refractivity contribution < 1.29 is 0 Å². The van der Waals surface area contributed by atoms with Crippen LogP contribution in [0.3, 0.4) is 0 Å². The first kappa shape index (κ1) is 16.2. The first-order valence-electron chi connectivity index (χ1n) is 7.08. The van der Waals surface area contributed by atoms with Crippen molar-refractivity contribution in [3.05, 3.63) is 35.5 Å². The van der Waals surface area contributed by atoms with Crippen LogP contribution in [0.25, 0.3) is 0 Å². The van der Waals surface area contributed by atoms with Crippen molar-refractivity contribution >= 4 is 0 Å². The lowest BCUT2D eigenvalue weighted by atomic mass is 10.0. The summed E-state index contributed by atoms with van der Waals surface area (Å²) in [4.78, 5) is 0. The molecule has 2 rings (SSSR count). The Labute approximate surface area is 109 Å². The number of hydrogen-bond donors (Lipinski definition) is 0. The molecule has 0 radical (unpaired) electrons. The summed E-state index contributed by atoms with van der Waals surface area (Å²) in [5, 5.41) is 0. The molecule has 17 heavy (non-hydrogen) atoms. The molecule has 0 aromatic carbocycles. The van der Waals surface area contributed by atoms with Crippen LogP contribution >= 0.6 is 0 Å². The van der Waals surface area contributed by atoms with Gasteiger partial charge in [0.1, 0.15) is 0 Å². The van der Waals surface area contributed by atoms with Gasteiger partial charge in [-0.05, 0) is 56.1 Å². The summed E-state index contributed by atoms with van der Waals surface area (Å²) >= 11 is 0. The standard InChI is InChI=1S/C13H18.2C2H6/c1-9(2)11-7-13(5-6-13)8-12(11)10(3)4;2*1-2/h1,3,5-8H2,2,4H3;2*1-2H3. The summed E-state index contributed by atoms with van der Waals surface area (Å²) in [6, 6.07) is 0. The van der Waals surface area contributed by atoms with E-state index >= 15 is 0 Å². The Balaban J connectivity index is 0.000000581. The van der Waals surface area contributed by atoms with E-state index in [1.165, 1.54) is 48.0 Å². The molecule has 0 amide bonds. The summed E-state index contributed by atoms with van der Waals surface area (Å²) in [5.41, 5.74) is 6.17. The molecule has 0 bridgehead atoms. The fourth-order valence-corrected chi connectivity index (χ4v) is 2.37. The van der Waals surface area contributed by atoms with Crippen molar-refractivity contribution in [2.24, 2.45) is 5.41 Å². The largest absolute Gasteiger partial charge is 0.0958 e. The molecule has 0 unspecified atom stereocenters. The van der Waals surface area contributed by atoms with Crippen LogP contribution in [0.5, 0.6) is 0 Å². The highest BCUT2D eigenvalue weighted by molar-refractivity contribution is 5.47. The Hall–Kier alpha value is -0.780. The Morgan fingerprint density at radius 3 is 1.29 bits per heavy atom. The van der Waals surface area contributed by atoms with Gasteiger partial charge >= 0.3 is 0 Å². The van der Waals surface area contributed by atoms with Crippen LogP contribution in [0.2, 0.25) is 0 Å². The van der Waals surface area contributed by atoms with Gasteiger partial charge in [-0.15, -0.1) is 0 Å². The maximum Gasteiger partial charge on any atom is -0.0214 e. The van der Waals surface area contributed by atoms with Gasteiger partial charge in [0.25, 0.3) is 0 Å². The second kappa shape index (κ2) is 6.83. The van der Waals surface area contributed by atoms with Gasteiger partial charge in [-0.2, -0.15) is 0 Å². The van der Waals surface area contributed by atoms with Gasteiger partial charge in [0.05, 0.1) is 0 Å². The Morgan fingerprint density at radius 1 is 0.824 bits per heavy atom. The average Bonchev–Trinajstić information content (AvgIpc) is 2.94. The van der Waals surface area contributed by atoms with E-state index in [4.69, 9.17) is 0 Å². The predicted molar refractivity (Wildman–Crippen MR) is 80.3 cm³/mol. The van der Waals surface area contributed by atoms with Crippen molar-refractivity contribution in [3.63, 3.8) is 0 Å². The quantitative estimate of drug-likeness (QED) is 0.544. The second-order valence-corrected chi connectivity index (χ2v) is 4.87. The zero-order chi connectivity index (χ0) is 13.6. The molecule has 1 saturated carbocycles. The molecule has 0 heterocycles. The monoisotopic (exact) mass is 234 g/mol. The molecule has 1 fully saturated rings. The zero-order valence-corrected chi connectivity index (χ0v) is 12.7. The van der Waals surface area contributed by atoms with Crippen LogP contribution in [0, 0.1) is 5.41 Å². The summed E-state index contributed by atoms with van der Waals surface area (Å²) < 4.78 is 0. The second-order valence-electron chi connectivity index (χ2n) is 4.87. The highest BCUT2D eigenvalue weighted by Gasteiger charge is 2.47. The number of allylic oxidation sites excluding steroid dienone is 4. The molecule has 0 aromatic heterocycles. The van der Waals surface area contributed by atoms with E-state index in [0.717, 1.165) is 0 Å². The van der Waals surface area contributed by atoms with Crippen LogP contribution in [-0.4, -0.2) is 0 Å². The molecule has 0 heteroatoms. The smallest absolute Gasteiger partial charge is 0.0214 e. The van der Waals surface area contributed by atoms with Crippen LogP contribution in [-0.2, 0) is 0 Å². The van der Waals surface area contributed by atoms with Crippen molar-refractivity contribution in [1.82, 2.24) is 0 Å². The third kappa shape index (κ3) is 3.87. The highest BCUT2D eigenvalue weighted by Crippen LogP contribution is 2.61. The van der Waals surface area contributed by atoms with Gasteiger partial charge in [0.2, 0.25) is 0 Å². The van der Waals surface area contributed by atoms with Gasteiger partial charge in [-0.1, -0.05) is 52.0 Å². The zero-order valence-electron chi connectivity index (χ0n) is 12.7. The molecule has 0 atom stereocenters. The van der Waals surface area contributed by atoms with Crippen LogP contribution in [0.4, 0.5) is 0 Å². The van der Waals surface area contributed by atoms with Gasteiger partial charge in [-0.25, -0.2) is 0 Å². The minimum Gasteiger partial charge on any atom is -0.0958 e. The molecule has 0 saturated heterocycles. The van der Waals surface area contributed by atoms with Crippen molar-refractivity contribution in [2.75, 3.05) is 0 Å². The number of hydrogen-bond acceptors (Lipinski definition) is 0. The Morgan fingerprint density at radius 2 is 1.12 bits per heavy atom. The molecule has 2 aliphatic rings. The highest BCUT2D eigenvalue weighted by atomic mass is 14.5. The van der Waals surface area contributed by atoms with Crippen molar-refractivity contribution in [1.29, 1.82) is 0 Å². The lowest BCUT2D eigenvalue weighted by Gasteiger charge is -2.05. The van der Waals surface area contributed by atoms with Crippen molar-refractivity contribution in [2.45, 2.75) is 67.2 Å². The molecule has 0 aliphatic heterocycles. The normalized spacial score (nSPS) is 18.9. The van der Waals surface area contributed by atoms with Gasteiger partial charge in [0.15, 0.2) is 0 Å². The molecule has 1 spiro atoms. The van der Waals surface area contributed by atoms with Gasteiger partial charge < -0.3 is 0 Å². The van der Waals surface area contributed by atoms with Gasteiger partial charge in [0, 0.05) is 0 Å². The Bertz CT molecular complexity index is 283. The summed E-state index contributed by atoms with van der Waals surface area (Å²) in [6.45, 7) is 20.4. The summed E-state index contributed by atoms with van der Waals surface area (Å²) in [7, 11) is 0. The minimum atomic E-state index is 0.655. The van der Waals surface area contributed by atoms with E-state index in [1.807, 2.05) is 27.7 Å². The first-order valence-corrected chi connectivity index (χ1v) is 7.08. The van der Waals surface area contributed by atoms with E-state index in [9.17, 15) is 0 Å². The molecule has 2 aliphatic carbocycles. The fourth-order valence-electron chi connectivity index (χ4n) is 2.37. The van der Waals surface area contributed by atoms with E-state index in [0.29, 0.717) is 5.41 Å². The van der Waals surface area contributed by atoms with Crippen LogP contribution in [0.1, 0.15) is 67.2 Å². The third-order valence-corrected chi connectivity index (χ3v) is 3.46. The summed E-state index contributed by atoms with van der Waals surface area (Å²) in [5.74, 6) is 0. The van der Waals surface area contributed by atoms with E-state index in [2.05, 4.69) is 27.0 Å². The van der Waals surface area contributed by atoms with E-state index in [-0.39, 0.29) is 0 Å². The van der Waals surface area contributed by atoms with Crippen LogP contribution < -0.4 is 0 Å². The molecular weight excluding hydrogens is 204 g/mol. The van der Waals surface area contributed by atoms with Crippen LogP contribution in [0.15, 0.2) is 35.5 Å². The lowest BCUT2D eigenvalue weighted by molar-refractivity contribution is 0.546. The molecular formula is C17H30.